The molecule has 0 fully saturated rings. The highest BCUT2D eigenvalue weighted by Crippen LogP contribution is 2.33. The van der Waals surface area contributed by atoms with Crippen LogP contribution in [0.4, 0.5) is 8.78 Å². The van der Waals surface area contributed by atoms with Crippen molar-refractivity contribution in [2.75, 3.05) is 0 Å². The second-order valence-corrected chi connectivity index (χ2v) is 6.74. The van der Waals surface area contributed by atoms with E-state index in [9.17, 15) is 13.6 Å². The van der Waals surface area contributed by atoms with E-state index in [1.54, 1.807) is 18.3 Å². The Hall–Kier alpha value is -2.02. The van der Waals surface area contributed by atoms with E-state index < -0.39 is 6.61 Å². The Labute approximate surface area is 142 Å². The number of ether oxygens (including phenoxy) is 1. The molecule has 1 amide bonds. The Morgan fingerprint density at radius 3 is 3.04 bits per heavy atom. The number of nitrogens with one attached hydrogen (secondary N) is 1. The Bertz CT molecular complexity index is 733. The number of hydrogen-bond acceptors (Lipinski definition) is 4. The van der Waals surface area contributed by atoms with Crippen molar-refractivity contribution in [2.45, 2.75) is 45.3 Å². The number of carbonyl (C=O) groups is 1. The van der Waals surface area contributed by atoms with Gasteiger partial charge in [-0.3, -0.25) is 4.79 Å². The lowest BCUT2D eigenvalue weighted by molar-refractivity contribution is -0.0499. The summed E-state index contributed by atoms with van der Waals surface area (Å²) in [4.78, 5) is 17.2. The topological polar surface area (TPSA) is 51.2 Å². The SMILES string of the molecule is CCc1ncc(C(=O)N[C@@H]2CCCc3cc(OC(F)F)ccc32)s1. The van der Waals surface area contributed by atoms with Gasteiger partial charge in [0.05, 0.1) is 17.2 Å². The molecule has 1 aliphatic rings. The molecular weight excluding hydrogens is 334 g/mol. The van der Waals surface area contributed by atoms with Crippen molar-refractivity contribution in [3.63, 3.8) is 0 Å². The molecule has 0 spiro atoms. The maximum Gasteiger partial charge on any atom is 0.387 e. The van der Waals surface area contributed by atoms with Gasteiger partial charge in [-0.05, 0) is 48.9 Å². The lowest BCUT2D eigenvalue weighted by Crippen LogP contribution is -2.30. The van der Waals surface area contributed by atoms with E-state index in [4.69, 9.17) is 0 Å². The molecule has 0 saturated heterocycles. The Morgan fingerprint density at radius 2 is 2.33 bits per heavy atom. The maximum atomic E-state index is 12.4. The number of hydrogen-bond donors (Lipinski definition) is 1. The van der Waals surface area contributed by atoms with Crippen LogP contribution in [-0.4, -0.2) is 17.5 Å². The standard InChI is InChI=1S/C17H18F2N2O2S/c1-2-15-20-9-14(24-15)16(22)21-13-5-3-4-10-8-11(23-17(18)19)6-7-12(10)13/h6-9,13,17H,2-5H2,1H3,(H,21,22)/t13-/m1/s1. The summed E-state index contributed by atoms with van der Waals surface area (Å²) in [5.41, 5.74) is 1.92. The molecular formula is C17H18F2N2O2S. The molecule has 2 aromatic rings. The smallest absolute Gasteiger partial charge is 0.387 e. The highest BCUT2D eigenvalue weighted by atomic mass is 32.1. The van der Waals surface area contributed by atoms with E-state index in [1.807, 2.05) is 6.92 Å². The highest BCUT2D eigenvalue weighted by Gasteiger charge is 2.24. The number of aromatic nitrogens is 1. The molecule has 1 aliphatic carbocycles. The summed E-state index contributed by atoms with van der Waals surface area (Å²) in [6.45, 7) is -0.835. The van der Waals surface area contributed by atoms with Crippen LogP contribution in [0.2, 0.25) is 0 Å². The molecule has 4 nitrogen and oxygen atoms in total. The predicted molar refractivity (Wildman–Crippen MR) is 87.7 cm³/mol. The first-order valence-corrected chi connectivity index (χ1v) is 8.71. The summed E-state index contributed by atoms with van der Waals surface area (Å²) in [5, 5.41) is 3.96. The molecule has 24 heavy (non-hydrogen) atoms. The van der Waals surface area contributed by atoms with Crippen LogP contribution in [0.15, 0.2) is 24.4 Å². The normalized spacial score (nSPS) is 16.8. The average molecular weight is 352 g/mol. The van der Waals surface area contributed by atoms with Gasteiger partial charge >= 0.3 is 6.61 Å². The van der Waals surface area contributed by atoms with Crippen LogP contribution in [0.3, 0.4) is 0 Å². The Morgan fingerprint density at radius 1 is 1.50 bits per heavy atom. The van der Waals surface area contributed by atoms with Crippen molar-refractivity contribution in [2.24, 2.45) is 0 Å². The van der Waals surface area contributed by atoms with Crippen molar-refractivity contribution in [1.29, 1.82) is 0 Å². The molecule has 1 N–H and O–H groups in total. The number of rotatable bonds is 5. The summed E-state index contributed by atoms with van der Waals surface area (Å²) in [6, 6.07) is 4.81. The third kappa shape index (κ3) is 3.72. The Balaban J connectivity index is 1.75. The summed E-state index contributed by atoms with van der Waals surface area (Å²) >= 11 is 1.39. The van der Waals surface area contributed by atoms with Gasteiger partial charge in [0.15, 0.2) is 0 Å². The second kappa shape index (κ2) is 7.25. The fraction of sp³-hybridized carbons (Fsp3) is 0.412. The van der Waals surface area contributed by atoms with Gasteiger partial charge in [-0.1, -0.05) is 13.0 Å². The van der Waals surface area contributed by atoms with Gasteiger partial charge in [0, 0.05) is 0 Å². The fourth-order valence-electron chi connectivity index (χ4n) is 2.92. The van der Waals surface area contributed by atoms with Crippen LogP contribution in [0.1, 0.15) is 51.6 Å². The van der Waals surface area contributed by atoms with Crippen LogP contribution in [0, 0.1) is 0 Å². The minimum Gasteiger partial charge on any atom is -0.435 e. The molecule has 1 aromatic heterocycles. The molecule has 0 bridgehead atoms. The summed E-state index contributed by atoms with van der Waals surface area (Å²) in [7, 11) is 0. The van der Waals surface area contributed by atoms with Crippen LogP contribution in [0.5, 0.6) is 5.75 Å². The minimum atomic E-state index is -2.83. The van der Waals surface area contributed by atoms with E-state index in [2.05, 4.69) is 15.0 Å². The number of aryl methyl sites for hydroxylation is 2. The van der Waals surface area contributed by atoms with Crippen molar-refractivity contribution >= 4 is 17.2 Å². The summed E-state index contributed by atoms with van der Waals surface area (Å²) < 4.78 is 29.1. The molecule has 7 heteroatoms. The largest absolute Gasteiger partial charge is 0.435 e. The Kier molecular flexibility index (Phi) is 5.08. The van der Waals surface area contributed by atoms with Gasteiger partial charge < -0.3 is 10.1 Å². The number of fused-ring (bicyclic) bond motifs is 1. The molecule has 0 saturated carbocycles. The number of thiazole rings is 1. The van der Waals surface area contributed by atoms with Gasteiger partial charge in [0.1, 0.15) is 10.6 Å². The van der Waals surface area contributed by atoms with Gasteiger partial charge in [-0.25, -0.2) is 4.98 Å². The van der Waals surface area contributed by atoms with E-state index >= 15 is 0 Å². The van der Waals surface area contributed by atoms with Crippen LogP contribution >= 0.6 is 11.3 Å². The second-order valence-electron chi connectivity index (χ2n) is 5.63. The molecule has 0 radical (unpaired) electrons. The van der Waals surface area contributed by atoms with Crippen molar-refractivity contribution in [1.82, 2.24) is 10.3 Å². The molecule has 0 unspecified atom stereocenters. The molecule has 128 valence electrons. The first-order valence-electron chi connectivity index (χ1n) is 7.90. The van der Waals surface area contributed by atoms with Gasteiger partial charge in [-0.2, -0.15) is 8.78 Å². The van der Waals surface area contributed by atoms with Crippen LogP contribution in [0.25, 0.3) is 0 Å². The quantitative estimate of drug-likeness (QED) is 0.881. The zero-order valence-corrected chi connectivity index (χ0v) is 14.0. The van der Waals surface area contributed by atoms with E-state index in [-0.39, 0.29) is 17.7 Å². The average Bonchev–Trinajstić information content (AvgIpc) is 3.03. The number of amides is 1. The number of nitrogens with zero attached hydrogens (tertiary/aromatic N) is 1. The molecule has 1 aromatic carbocycles. The molecule has 0 aliphatic heterocycles. The van der Waals surface area contributed by atoms with Crippen LogP contribution in [-0.2, 0) is 12.8 Å². The fourth-order valence-corrected chi connectivity index (χ4v) is 3.69. The minimum absolute atomic E-state index is 0.117. The summed E-state index contributed by atoms with van der Waals surface area (Å²) in [6.07, 6.45) is 4.91. The zero-order chi connectivity index (χ0) is 17.1. The van der Waals surface area contributed by atoms with E-state index in [0.29, 0.717) is 4.88 Å². The van der Waals surface area contributed by atoms with E-state index in [1.165, 1.54) is 17.4 Å². The molecule has 1 heterocycles. The van der Waals surface area contributed by atoms with Gasteiger partial charge in [-0.15, -0.1) is 11.3 Å². The number of halogens is 2. The first-order chi connectivity index (χ1) is 11.6. The number of benzene rings is 1. The number of carbonyl (C=O) groups excluding carboxylic acids is 1. The lowest BCUT2D eigenvalue weighted by atomic mass is 9.87. The molecule has 1 atom stereocenters. The van der Waals surface area contributed by atoms with Gasteiger partial charge in [0.2, 0.25) is 0 Å². The highest BCUT2D eigenvalue weighted by molar-refractivity contribution is 7.13. The van der Waals surface area contributed by atoms with Crippen molar-refractivity contribution < 1.29 is 18.3 Å². The lowest BCUT2D eigenvalue weighted by Gasteiger charge is -2.26. The summed E-state index contributed by atoms with van der Waals surface area (Å²) in [5.74, 6) is 0.0173. The van der Waals surface area contributed by atoms with Crippen molar-refractivity contribution in [3.05, 3.63) is 45.4 Å². The van der Waals surface area contributed by atoms with Gasteiger partial charge in [0.25, 0.3) is 5.91 Å². The van der Waals surface area contributed by atoms with E-state index in [0.717, 1.165) is 41.8 Å². The number of alkyl halides is 2. The van der Waals surface area contributed by atoms with Crippen molar-refractivity contribution in [3.8, 4) is 5.75 Å². The monoisotopic (exact) mass is 352 g/mol. The zero-order valence-electron chi connectivity index (χ0n) is 13.2. The maximum absolute atomic E-state index is 12.4. The first kappa shape index (κ1) is 16.8. The third-order valence-electron chi connectivity index (χ3n) is 4.04. The predicted octanol–water partition coefficient (Wildman–Crippen LogP) is 4.11. The van der Waals surface area contributed by atoms with Crippen LogP contribution < -0.4 is 10.1 Å². The third-order valence-corrected chi connectivity index (χ3v) is 5.18. The molecule has 3 rings (SSSR count).